The Labute approximate surface area is 185 Å². The molecule has 0 spiro atoms. The molecule has 0 bridgehead atoms. The molecule has 5 rings (SSSR count). The lowest BCUT2D eigenvalue weighted by Gasteiger charge is -2.40. The van der Waals surface area contributed by atoms with E-state index < -0.39 is 0 Å². The average molecular weight is 420 g/mol. The molecule has 2 fully saturated rings. The predicted octanol–water partition coefficient (Wildman–Crippen LogP) is 5.42. The molecule has 2 atom stereocenters. The van der Waals surface area contributed by atoms with Gasteiger partial charge < -0.3 is 19.5 Å². The van der Waals surface area contributed by atoms with Gasteiger partial charge in [-0.15, -0.1) is 0 Å². The number of nitrogens with zero attached hydrogens (tertiary/aromatic N) is 1. The first kappa shape index (κ1) is 20.6. The number of phenolic OH excluding ortho intramolecular Hbond substituents is 1. The van der Waals surface area contributed by atoms with Crippen molar-refractivity contribution < 1.29 is 14.6 Å². The Bertz CT molecular complexity index is 895. The molecule has 2 aromatic rings. The number of benzene rings is 2. The fourth-order valence-electron chi connectivity index (χ4n) is 5.91. The fourth-order valence-corrected chi connectivity index (χ4v) is 5.91. The van der Waals surface area contributed by atoms with E-state index in [1.807, 2.05) is 12.1 Å². The molecule has 0 unspecified atom stereocenters. The molecule has 4 heteroatoms. The largest absolute Gasteiger partial charge is 0.508 e. The third-order valence-electron chi connectivity index (χ3n) is 7.69. The van der Waals surface area contributed by atoms with Crippen LogP contribution in [0.2, 0.25) is 0 Å². The zero-order valence-electron chi connectivity index (χ0n) is 18.2. The summed E-state index contributed by atoms with van der Waals surface area (Å²) in [5.74, 6) is 1.34. The second-order valence-corrected chi connectivity index (χ2v) is 9.59. The van der Waals surface area contributed by atoms with Crippen LogP contribution in [0.15, 0.2) is 42.5 Å². The number of rotatable bonds is 4. The van der Waals surface area contributed by atoms with Crippen molar-refractivity contribution in [3.63, 3.8) is 0 Å². The first-order valence-corrected chi connectivity index (χ1v) is 12.0. The smallest absolute Gasteiger partial charge is 0.123 e. The van der Waals surface area contributed by atoms with Crippen molar-refractivity contribution in [2.75, 3.05) is 18.0 Å². The van der Waals surface area contributed by atoms with E-state index in [0.717, 1.165) is 37.8 Å². The zero-order chi connectivity index (χ0) is 21.2. The molecule has 1 N–H and O–H groups in total. The molecule has 31 heavy (non-hydrogen) atoms. The van der Waals surface area contributed by atoms with Crippen molar-refractivity contribution in [3.05, 3.63) is 59.2 Å². The molecule has 3 aliphatic rings. The number of piperidine rings is 1. The number of phenols is 1. The third-order valence-corrected chi connectivity index (χ3v) is 7.69. The number of aromatic hydroxyl groups is 1. The standard InChI is InChI=1S/C27H33NO3/c29-17-19-12-14-28(15-13-19)23-8-6-20(7-9-23)26-25-11-10-24(30)16-22(25)18-31-27(26)21-4-2-1-3-5-21/h6-11,16-17,19,21,26-27,30H,1-5,12-15,18H2/t26-,27-/m1/s1. The Balaban J connectivity index is 1.43. The van der Waals surface area contributed by atoms with Crippen LogP contribution < -0.4 is 4.90 Å². The number of aldehydes is 1. The number of hydrogen-bond donors (Lipinski definition) is 1. The summed E-state index contributed by atoms with van der Waals surface area (Å²) in [6.45, 7) is 2.48. The number of anilines is 1. The maximum Gasteiger partial charge on any atom is 0.123 e. The summed E-state index contributed by atoms with van der Waals surface area (Å²) in [5, 5.41) is 9.99. The van der Waals surface area contributed by atoms with Crippen LogP contribution in [0, 0.1) is 11.8 Å². The van der Waals surface area contributed by atoms with Gasteiger partial charge in [-0.05, 0) is 72.6 Å². The molecule has 0 aromatic heterocycles. The number of fused-ring (bicyclic) bond motifs is 1. The van der Waals surface area contributed by atoms with E-state index in [1.165, 1.54) is 48.9 Å². The van der Waals surface area contributed by atoms with Gasteiger partial charge in [0.1, 0.15) is 12.0 Å². The highest BCUT2D eigenvalue weighted by Crippen LogP contribution is 2.44. The lowest BCUT2D eigenvalue weighted by molar-refractivity contribution is -0.111. The normalized spacial score (nSPS) is 25.2. The van der Waals surface area contributed by atoms with Crippen molar-refractivity contribution in [2.45, 2.75) is 63.6 Å². The van der Waals surface area contributed by atoms with Crippen LogP contribution in [-0.2, 0) is 16.1 Å². The van der Waals surface area contributed by atoms with E-state index in [0.29, 0.717) is 18.3 Å². The van der Waals surface area contributed by atoms with Gasteiger partial charge in [-0.3, -0.25) is 0 Å². The van der Waals surface area contributed by atoms with Crippen molar-refractivity contribution in [1.29, 1.82) is 0 Å². The van der Waals surface area contributed by atoms with E-state index in [4.69, 9.17) is 4.74 Å². The highest BCUT2D eigenvalue weighted by atomic mass is 16.5. The average Bonchev–Trinajstić information content (AvgIpc) is 2.84. The predicted molar refractivity (Wildman–Crippen MR) is 123 cm³/mol. The minimum Gasteiger partial charge on any atom is -0.508 e. The summed E-state index contributed by atoms with van der Waals surface area (Å²) in [4.78, 5) is 13.5. The Kier molecular flexibility index (Phi) is 5.99. The Hall–Kier alpha value is -2.33. The van der Waals surface area contributed by atoms with Gasteiger partial charge in [0.2, 0.25) is 0 Å². The van der Waals surface area contributed by atoms with Crippen LogP contribution >= 0.6 is 0 Å². The second-order valence-electron chi connectivity index (χ2n) is 9.59. The molecule has 1 saturated carbocycles. The fraction of sp³-hybridized carbons (Fsp3) is 0.519. The summed E-state index contributed by atoms with van der Waals surface area (Å²) < 4.78 is 6.48. The van der Waals surface area contributed by atoms with Crippen molar-refractivity contribution >= 4 is 12.0 Å². The SMILES string of the molecule is O=CC1CCN(c2ccc([C@@H]3c4ccc(O)cc4CO[C@@H]3C3CCCCC3)cc2)CC1. The molecule has 2 aliphatic heterocycles. The van der Waals surface area contributed by atoms with E-state index in [9.17, 15) is 9.90 Å². The summed E-state index contributed by atoms with van der Waals surface area (Å²) in [6, 6.07) is 14.8. The second kappa shape index (κ2) is 9.04. The Morgan fingerprint density at radius 1 is 0.935 bits per heavy atom. The molecule has 2 heterocycles. The molecule has 4 nitrogen and oxygen atoms in total. The number of hydrogen-bond acceptors (Lipinski definition) is 4. The van der Waals surface area contributed by atoms with Gasteiger partial charge in [-0.25, -0.2) is 0 Å². The van der Waals surface area contributed by atoms with Gasteiger partial charge in [0.15, 0.2) is 0 Å². The summed E-state index contributed by atoms with van der Waals surface area (Å²) in [5.41, 5.74) is 4.95. The Morgan fingerprint density at radius 3 is 2.39 bits per heavy atom. The van der Waals surface area contributed by atoms with Crippen molar-refractivity contribution in [3.8, 4) is 5.75 Å². The maximum atomic E-state index is 11.1. The molecule has 2 aromatic carbocycles. The highest BCUT2D eigenvalue weighted by Gasteiger charge is 2.37. The summed E-state index contributed by atoms with van der Waals surface area (Å²) >= 11 is 0. The van der Waals surface area contributed by atoms with E-state index in [-0.39, 0.29) is 17.9 Å². The van der Waals surface area contributed by atoms with Gasteiger partial charge in [0, 0.05) is 30.6 Å². The van der Waals surface area contributed by atoms with E-state index in [2.05, 4.69) is 35.2 Å². The number of ether oxygens (including phenoxy) is 1. The molecule has 1 aliphatic carbocycles. The summed E-state index contributed by atoms with van der Waals surface area (Å²) in [7, 11) is 0. The molecular weight excluding hydrogens is 386 g/mol. The van der Waals surface area contributed by atoms with Gasteiger partial charge in [0.05, 0.1) is 12.7 Å². The lowest BCUT2D eigenvalue weighted by atomic mass is 9.73. The van der Waals surface area contributed by atoms with Crippen molar-refractivity contribution in [1.82, 2.24) is 0 Å². The van der Waals surface area contributed by atoms with Crippen LogP contribution in [0.1, 0.15) is 67.6 Å². The third kappa shape index (κ3) is 4.23. The topological polar surface area (TPSA) is 49.8 Å². The van der Waals surface area contributed by atoms with Crippen LogP contribution in [-0.4, -0.2) is 30.6 Å². The summed E-state index contributed by atoms with van der Waals surface area (Å²) in [6.07, 6.45) is 9.65. The molecule has 0 radical (unpaired) electrons. The molecule has 164 valence electrons. The van der Waals surface area contributed by atoms with Crippen LogP contribution in [0.3, 0.4) is 0 Å². The highest BCUT2D eigenvalue weighted by molar-refractivity contribution is 5.56. The minimum atomic E-state index is 0.200. The van der Waals surface area contributed by atoms with Gasteiger partial charge in [-0.1, -0.05) is 37.5 Å². The monoisotopic (exact) mass is 419 g/mol. The minimum absolute atomic E-state index is 0.200. The first-order valence-electron chi connectivity index (χ1n) is 12.0. The van der Waals surface area contributed by atoms with Crippen molar-refractivity contribution in [2.24, 2.45) is 11.8 Å². The maximum absolute atomic E-state index is 11.1. The van der Waals surface area contributed by atoms with Crippen LogP contribution in [0.5, 0.6) is 5.75 Å². The Morgan fingerprint density at radius 2 is 1.68 bits per heavy atom. The lowest BCUT2D eigenvalue weighted by Crippen LogP contribution is -2.36. The number of carbonyl (C=O) groups excluding carboxylic acids is 1. The molecular formula is C27H33NO3. The van der Waals surface area contributed by atoms with E-state index in [1.54, 1.807) is 0 Å². The van der Waals surface area contributed by atoms with Crippen LogP contribution in [0.4, 0.5) is 5.69 Å². The van der Waals surface area contributed by atoms with Gasteiger partial charge >= 0.3 is 0 Å². The van der Waals surface area contributed by atoms with Gasteiger partial charge in [0.25, 0.3) is 0 Å². The van der Waals surface area contributed by atoms with Gasteiger partial charge in [-0.2, -0.15) is 0 Å². The molecule has 1 saturated heterocycles. The number of carbonyl (C=O) groups is 1. The first-order chi connectivity index (χ1) is 15.2. The molecule has 0 amide bonds. The van der Waals surface area contributed by atoms with Crippen LogP contribution in [0.25, 0.3) is 0 Å². The quantitative estimate of drug-likeness (QED) is 0.673. The zero-order valence-corrected chi connectivity index (χ0v) is 18.2. The van der Waals surface area contributed by atoms with E-state index >= 15 is 0 Å².